The fourth-order valence-corrected chi connectivity index (χ4v) is 2.83. The number of halogens is 1. The summed E-state index contributed by atoms with van der Waals surface area (Å²) in [5.74, 6) is -0.656. The van der Waals surface area contributed by atoms with E-state index >= 15 is 0 Å². The molecule has 0 unspecified atom stereocenters. The van der Waals surface area contributed by atoms with Crippen LogP contribution in [0.2, 0.25) is 5.02 Å². The lowest BCUT2D eigenvalue weighted by atomic mass is 10.2. The molecule has 0 saturated carbocycles. The van der Waals surface area contributed by atoms with E-state index in [9.17, 15) is 9.59 Å². The molecule has 0 aliphatic rings. The molecule has 0 atom stereocenters. The maximum Gasteiger partial charge on any atom is 0.307 e. The van der Waals surface area contributed by atoms with Crippen molar-refractivity contribution >= 4 is 40.8 Å². The molecule has 2 aromatic carbocycles. The Bertz CT molecular complexity index is 799. The number of ether oxygens (including phenoxy) is 1. The lowest BCUT2D eigenvalue weighted by Crippen LogP contribution is -2.43. The third kappa shape index (κ3) is 7.00. The Hall–Kier alpha value is -2.44. The zero-order valence-corrected chi connectivity index (χ0v) is 16.6. The van der Waals surface area contributed by atoms with Crippen molar-refractivity contribution in [1.29, 1.82) is 0 Å². The Labute approximate surface area is 169 Å². The Morgan fingerprint density at radius 2 is 1.89 bits per heavy atom. The fraction of sp³-hybridized carbons (Fsp3) is 0.250. The number of esters is 1. The molecule has 0 bridgehead atoms. The average Bonchev–Trinajstić information content (AvgIpc) is 2.66. The number of nitrogens with zero attached hydrogens (tertiary/aromatic N) is 1. The molecule has 2 rings (SSSR count). The topological polar surface area (TPSA) is 58.6 Å². The highest BCUT2D eigenvalue weighted by Gasteiger charge is 2.16. The minimum atomic E-state index is -0.350. The normalized spacial score (nSPS) is 10.1. The van der Waals surface area contributed by atoms with Gasteiger partial charge in [0.05, 0.1) is 13.0 Å². The molecule has 0 aromatic heterocycles. The van der Waals surface area contributed by atoms with E-state index in [1.54, 1.807) is 36.1 Å². The number of thiocarbonyl (C=S) groups is 1. The van der Waals surface area contributed by atoms with E-state index in [-0.39, 0.29) is 23.4 Å². The SMILES string of the molecule is CCOC(=O)CCN(Cc1ccccc1)C(=S)NC(=O)c1cccc(Cl)c1. The first kappa shape index (κ1) is 20.9. The maximum absolute atomic E-state index is 12.4. The molecule has 0 saturated heterocycles. The van der Waals surface area contributed by atoms with Crippen LogP contribution in [0, 0.1) is 0 Å². The number of carbonyl (C=O) groups is 2. The van der Waals surface area contributed by atoms with E-state index in [4.69, 9.17) is 28.6 Å². The van der Waals surface area contributed by atoms with Crippen molar-refractivity contribution in [2.24, 2.45) is 0 Å². The van der Waals surface area contributed by atoms with Gasteiger partial charge in [0.25, 0.3) is 5.91 Å². The monoisotopic (exact) mass is 404 g/mol. The van der Waals surface area contributed by atoms with Crippen LogP contribution in [0.25, 0.3) is 0 Å². The summed E-state index contributed by atoms with van der Waals surface area (Å²) >= 11 is 11.3. The minimum absolute atomic E-state index is 0.174. The number of carbonyl (C=O) groups excluding carboxylic acids is 2. The summed E-state index contributed by atoms with van der Waals surface area (Å²) in [6, 6.07) is 16.3. The predicted molar refractivity (Wildman–Crippen MR) is 110 cm³/mol. The first-order valence-electron chi connectivity index (χ1n) is 8.55. The molecule has 1 amide bonds. The molecule has 0 fully saturated rings. The predicted octanol–water partition coefficient (Wildman–Crippen LogP) is 3.81. The zero-order valence-electron chi connectivity index (χ0n) is 15.0. The second kappa shape index (κ2) is 10.6. The summed E-state index contributed by atoms with van der Waals surface area (Å²) < 4.78 is 4.97. The van der Waals surface area contributed by atoms with E-state index in [2.05, 4.69) is 5.32 Å². The summed E-state index contributed by atoms with van der Waals surface area (Å²) in [5.41, 5.74) is 1.43. The molecule has 0 aliphatic heterocycles. The molecule has 0 radical (unpaired) electrons. The van der Waals surface area contributed by atoms with Crippen molar-refractivity contribution in [3.8, 4) is 0 Å². The zero-order chi connectivity index (χ0) is 19.6. The van der Waals surface area contributed by atoms with Gasteiger partial charge in [-0.2, -0.15) is 0 Å². The van der Waals surface area contributed by atoms with E-state index < -0.39 is 0 Å². The van der Waals surface area contributed by atoms with Crippen molar-refractivity contribution in [3.63, 3.8) is 0 Å². The molecular formula is C20H21ClN2O3S. The highest BCUT2D eigenvalue weighted by Crippen LogP contribution is 2.11. The first-order valence-corrected chi connectivity index (χ1v) is 9.33. The van der Waals surface area contributed by atoms with Gasteiger partial charge in [-0.1, -0.05) is 48.0 Å². The van der Waals surface area contributed by atoms with Gasteiger partial charge in [0.1, 0.15) is 0 Å². The van der Waals surface area contributed by atoms with Gasteiger partial charge in [0.15, 0.2) is 5.11 Å². The number of nitrogens with one attached hydrogen (secondary N) is 1. The second-order valence-corrected chi connectivity index (χ2v) is 6.55. The molecule has 1 N–H and O–H groups in total. The molecule has 5 nitrogen and oxygen atoms in total. The number of rotatable bonds is 7. The van der Waals surface area contributed by atoms with Crippen LogP contribution in [0.3, 0.4) is 0 Å². The minimum Gasteiger partial charge on any atom is -0.466 e. The van der Waals surface area contributed by atoms with Gasteiger partial charge in [-0.15, -0.1) is 0 Å². The summed E-state index contributed by atoms with van der Waals surface area (Å²) in [5, 5.41) is 3.42. The number of hydrogen-bond donors (Lipinski definition) is 1. The van der Waals surface area contributed by atoms with Crippen LogP contribution in [0.4, 0.5) is 0 Å². The van der Waals surface area contributed by atoms with Crippen molar-refractivity contribution < 1.29 is 14.3 Å². The van der Waals surface area contributed by atoms with Crippen LogP contribution in [0.1, 0.15) is 29.3 Å². The quantitative estimate of drug-likeness (QED) is 0.561. The average molecular weight is 405 g/mol. The lowest BCUT2D eigenvalue weighted by Gasteiger charge is -2.25. The number of amides is 1. The number of benzene rings is 2. The molecule has 2 aromatic rings. The third-order valence-electron chi connectivity index (χ3n) is 3.70. The standard InChI is InChI=1S/C20H21ClN2O3S/c1-2-26-18(24)11-12-23(14-15-7-4-3-5-8-15)20(27)22-19(25)16-9-6-10-17(21)13-16/h3-10,13H,2,11-12,14H2,1H3,(H,22,25,27). The lowest BCUT2D eigenvalue weighted by molar-refractivity contribution is -0.143. The molecule has 142 valence electrons. The maximum atomic E-state index is 12.4. The highest BCUT2D eigenvalue weighted by molar-refractivity contribution is 7.80. The van der Waals surface area contributed by atoms with Crippen molar-refractivity contribution in [1.82, 2.24) is 10.2 Å². The van der Waals surface area contributed by atoms with Gasteiger partial charge >= 0.3 is 5.97 Å². The Morgan fingerprint density at radius 3 is 2.56 bits per heavy atom. The van der Waals surface area contributed by atoms with Crippen molar-refractivity contribution in [2.45, 2.75) is 19.9 Å². The molecule has 27 heavy (non-hydrogen) atoms. The first-order chi connectivity index (χ1) is 13.0. The largest absolute Gasteiger partial charge is 0.466 e. The third-order valence-corrected chi connectivity index (χ3v) is 4.30. The second-order valence-electron chi connectivity index (χ2n) is 5.73. The Balaban J connectivity index is 2.07. The molecule has 0 spiro atoms. The van der Waals surface area contributed by atoms with E-state index in [1.807, 2.05) is 30.3 Å². The van der Waals surface area contributed by atoms with Crippen molar-refractivity contribution in [3.05, 3.63) is 70.7 Å². The summed E-state index contributed by atoms with van der Waals surface area (Å²) in [7, 11) is 0. The van der Waals surface area contributed by atoms with Crippen LogP contribution in [-0.2, 0) is 16.1 Å². The van der Waals surface area contributed by atoms with Crippen LogP contribution < -0.4 is 5.32 Å². The smallest absolute Gasteiger partial charge is 0.307 e. The van der Waals surface area contributed by atoms with Crippen LogP contribution in [-0.4, -0.2) is 35.0 Å². The Kier molecular flexibility index (Phi) is 8.23. The van der Waals surface area contributed by atoms with Crippen LogP contribution in [0.5, 0.6) is 0 Å². The summed E-state index contributed by atoms with van der Waals surface area (Å²) in [6.45, 7) is 2.89. The van der Waals surface area contributed by atoms with Gasteiger partial charge in [-0.3, -0.25) is 14.9 Å². The molecule has 0 aliphatic carbocycles. The van der Waals surface area contributed by atoms with Gasteiger partial charge in [0, 0.05) is 23.7 Å². The Morgan fingerprint density at radius 1 is 1.15 bits per heavy atom. The van der Waals surface area contributed by atoms with E-state index in [0.717, 1.165) is 5.56 Å². The van der Waals surface area contributed by atoms with Gasteiger partial charge in [-0.05, 0) is 42.9 Å². The van der Waals surface area contributed by atoms with Crippen molar-refractivity contribution in [2.75, 3.05) is 13.2 Å². The van der Waals surface area contributed by atoms with Crippen LogP contribution >= 0.6 is 23.8 Å². The summed E-state index contributed by atoms with van der Waals surface area (Å²) in [6.07, 6.45) is 0.174. The molecular weight excluding hydrogens is 384 g/mol. The highest BCUT2D eigenvalue weighted by atomic mass is 35.5. The van der Waals surface area contributed by atoms with Crippen LogP contribution in [0.15, 0.2) is 54.6 Å². The molecule has 7 heteroatoms. The summed E-state index contributed by atoms with van der Waals surface area (Å²) in [4.78, 5) is 25.9. The van der Waals surface area contributed by atoms with Gasteiger partial charge < -0.3 is 9.64 Å². The van der Waals surface area contributed by atoms with E-state index in [0.29, 0.717) is 30.3 Å². The molecule has 0 heterocycles. The van der Waals surface area contributed by atoms with Gasteiger partial charge in [-0.25, -0.2) is 0 Å². The fourth-order valence-electron chi connectivity index (χ4n) is 2.39. The van der Waals surface area contributed by atoms with Gasteiger partial charge in [0.2, 0.25) is 0 Å². The number of hydrogen-bond acceptors (Lipinski definition) is 4. The van der Waals surface area contributed by atoms with E-state index in [1.165, 1.54) is 0 Å².